The Morgan fingerprint density at radius 3 is 1.81 bits per heavy atom. The highest BCUT2D eigenvalue weighted by Gasteiger charge is 2.30. The van der Waals surface area contributed by atoms with Crippen molar-refractivity contribution in [2.45, 2.75) is 45.1 Å². The topological polar surface area (TPSA) is 44.8 Å². The van der Waals surface area contributed by atoms with Crippen LogP contribution in [0.5, 0.6) is 11.5 Å². The Morgan fingerprint density at radius 2 is 1.28 bits per heavy atom. The third kappa shape index (κ3) is 4.30. The minimum absolute atomic E-state index is 0.0205. The molecule has 4 aromatic rings. The van der Waals surface area contributed by atoms with Gasteiger partial charge in [-0.2, -0.15) is 0 Å². The third-order valence-corrected chi connectivity index (χ3v) is 7.92. The number of rotatable bonds is 3. The van der Waals surface area contributed by atoms with Crippen molar-refractivity contribution in [2.24, 2.45) is 11.8 Å². The van der Waals surface area contributed by atoms with Gasteiger partial charge in [-0.25, -0.2) is 0 Å². The Balaban J connectivity index is 1.37. The molecule has 1 saturated carbocycles. The van der Waals surface area contributed by atoms with Crippen LogP contribution >= 0.6 is 0 Å². The van der Waals surface area contributed by atoms with Gasteiger partial charge in [-0.3, -0.25) is 4.79 Å². The SMILES string of the molecule is CCC1CCC(C(=O)OC2COc3ccc4ccccc4c3-c3c(ccc4ccccc34)OC2)CC1. The minimum atomic E-state index is -0.474. The molecule has 36 heavy (non-hydrogen) atoms. The van der Waals surface area contributed by atoms with Crippen molar-refractivity contribution in [2.75, 3.05) is 13.2 Å². The molecule has 0 atom stereocenters. The molecule has 1 heterocycles. The van der Waals surface area contributed by atoms with Crippen LogP contribution in [0.15, 0.2) is 72.8 Å². The van der Waals surface area contributed by atoms with Crippen LogP contribution < -0.4 is 9.47 Å². The highest BCUT2D eigenvalue weighted by atomic mass is 16.6. The average Bonchev–Trinajstić information content (AvgIpc) is 3.01. The van der Waals surface area contributed by atoms with E-state index < -0.39 is 6.10 Å². The predicted molar refractivity (Wildman–Crippen MR) is 143 cm³/mol. The van der Waals surface area contributed by atoms with E-state index in [2.05, 4.69) is 67.6 Å². The second-order valence-electron chi connectivity index (χ2n) is 10.1. The third-order valence-electron chi connectivity index (χ3n) is 7.92. The van der Waals surface area contributed by atoms with Gasteiger partial charge in [-0.15, -0.1) is 0 Å². The standard InChI is InChI=1S/C32H32O4/c1-2-21-11-13-24(14-12-21)32(33)36-25-19-34-28-17-15-22-7-3-5-9-26(22)30(28)31-27-10-6-4-8-23(27)16-18-29(31)35-20-25/h3-10,15-18,21,24-25H,2,11-14,19-20H2,1H3. The van der Waals surface area contributed by atoms with Gasteiger partial charge in [0.25, 0.3) is 0 Å². The molecule has 2 aliphatic rings. The molecule has 0 aromatic heterocycles. The molecular weight excluding hydrogens is 448 g/mol. The molecule has 6 rings (SSSR count). The van der Waals surface area contributed by atoms with Crippen molar-refractivity contribution in [3.05, 3.63) is 72.8 Å². The van der Waals surface area contributed by atoms with E-state index in [0.29, 0.717) is 0 Å². The molecule has 0 amide bonds. The highest BCUT2D eigenvalue weighted by Crippen LogP contribution is 2.46. The van der Waals surface area contributed by atoms with Gasteiger partial charge in [0.2, 0.25) is 0 Å². The maximum Gasteiger partial charge on any atom is 0.309 e. The lowest BCUT2D eigenvalue weighted by molar-refractivity contribution is -0.158. The van der Waals surface area contributed by atoms with Crippen molar-refractivity contribution in [1.82, 2.24) is 0 Å². The monoisotopic (exact) mass is 480 g/mol. The van der Waals surface area contributed by atoms with Crippen molar-refractivity contribution in [3.8, 4) is 22.6 Å². The summed E-state index contributed by atoms with van der Waals surface area (Å²) in [7, 11) is 0. The predicted octanol–water partition coefficient (Wildman–Crippen LogP) is 7.56. The van der Waals surface area contributed by atoms with Gasteiger partial charge in [0, 0.05) is 11.1 Å². The summed E-state index contributed by atoms with van der Waals surface area (Å²) in [5, 5.41) is 4.51. The summed E-state index contributed by atoms with van der Waals surface area (Å²) < 4.78 is 18.8. The number of carbonyl (C=O) groups excluding carboxylic acids is 1. The van der Waals surface area contributed by atoms with Crippen molar-refractivity contribution >= 4 is 27.5 Å². The molecule has 4 heteroatoms. The molecule has 1 aliphatic carbocycles. The molecule has 0 spiro atoms. The van der Waals surface area contributed by atoms with Gasteiger partial charge in [0.15, 0.2) is 6.10 Å². The molecule has 0 unspecified atom stereocenters. The van der Waals surface area contributed by atoms with E-state index in [4.69, 9.17) is 14.2 Å². The van der Waals surface area contributed by atoms with E-state index in [1.807, 2.05) is 12.1 Å². The zero-order valence-corrected chi connectivity index (χ0v) is 20.7. The van der Waals surface area contributed by atoms with E-state index in [1.165, 1.54) is 6.42 Å². The number of esters is 1. The summed E-state index contributed by atoms with van der Waals surface area (Å²) in [4.78, 5) is 13.1. The Kier molecular flexibility index (Phi) is 6.27. The number of benzene rings is 4. The fraction of sp³-hybridized carbons (Fsp3) is 0.344. The van der Waals surface area contributed by atoms with Crippen molar-refractivity contribution < 1.29 is 19.0 Å². The quantitative estimate of drug-likeness (QED) is 0.284. The second-order valence-corrected chi connectivity index (χ2v) is 10.1. The van der Waals surface area contributed by atoms with Gasteiger partial charge in [-0.1, -0.05) is 74.0 Å². The molecule has 1 fully saturated rings. The lowest BCUT2D eigenvalue weighted by Gasteiger charge is -2.28. The molecule has 0 N–H and O–H groups in total. The number of ether oxygens (including phenoxy) is 3. The minimum Gasteiger partial charge on any atom is -0.489 e. The van der Waals surface area contributed by atoms with Crippen LogP contribution in [0.25, 0.3) is 32.7 Å². The van der Waals surface area contributed by atoms with E-state index >= 15 is 0 Å². The van der Waals surface area contributed by atoms with Gasteiger partial charge >= 0.3 is 5.97 Å². The number of fused-ring (bicyclic) bond motifs is 7. The summed E-state index contributed by atoms with van der Waals surface area (Å²) in [6.07, 6.45) is 4.75. The van der Waals surface area contributed by atoms with Crippen molar-refractivity contribution in [3.63, 3.8) is 0 Å². The van der Waals surface area contributed by atoms with Gasteiger partial charge in [0.05, 0.1) is 5.92 Å². The maximum absolute atomic E-state index is 13.1. The largest absolute Gasteiger partial charge is 0.489 e. The molecule has 0 radical (unpaired) electrons. The Labute approximate surface area is 212 Å². The van der Waals surface area contributed by atoms with E-state index in [9.17, 15) is 4.79 Å². The lowest BCUT2D eigenvalue weighted by Crippen LogP contribution is -2.34. The molecule has 1 aliphatic heterocycles. The summed E-state index contributed by atoms with van der Waals surface area (Å²) >= 11 is 0. The van der Waals surface area contributed by atoms with Gasteiger partial charge in [0.1, 0.15) is 24.7 Å². The lowest BCUT2D eigenvalue weighted by atomic mass is 9.81. The first-order chi connectivity index (χ1) is 17.7. The van der Waals surface area contributed by atoms with Gasteiger partial charge in [-0.05, 0) is 65.3 Å². The number of carbonyl (C=O) groups is 1. The van der Waals surface area contributed by atoms with E-state index in [0.717, 1.165) is 75.8 Å². The van der Waals surface area contributed by atoms with Crippen LogP contribution in [-0.4, -0.2) is 25.3 Å². The zero-order valence-electron chi connectivity index (χ0n) is 20.7. The van der Waals surface area contributed by atoms with Crippen LogP contribution in [0, 0.1) is 11.8 Å². The Bertz CT molecular complexity index is 1310. The van der Waals surface area contributed by atoms with E-state index in [-0.39, 0.29) is 25.1 Å². The molecule has 4 aromatic carbocycles. The van der Waals surface area contributed by atoms with Crippen LogP contribution in [0.4, 0.5) is 0 Å². The summed E-state index contributed by atoms with van der Waals surface area (Å²) in [5.74, 6) is 2.16. The second kappa shape index (κ2) is 9.85. The molecular formula is C32H32O4. The summed E-state index contributed by atoms with van der Waals surface area (Å²) in [6, 6.07) is 24.9. The fourth-order valence-corrected chi connectivity index (χ4v) is 5.81. The van der Waals surface area contributed by atoms with Crippen LogP contribution in [0.3, 0.4) is 0 Å². The van der Waals surface area contributed by atoms with Gasteiger partial charge < -0.3 is 14.2 Å². The Hall–Kier alpha value is -3.53. The van der Waals surface area contributed by atoms with Crippen LogP contribution in [0.1, 0.15) is 39.0 Å². The van der Waals surface area contributed by atoms with Crippen LogP contribution in [0.2, 0.25) is 0 Å². The normalized spacial score (nSPS) is 20.2. The highest BCUT2D eigenvalue weighted by molar-refractivity contribution is 6.09. The average molecular weight is 481 g/mol. The zero-order chi connectivity index (χ0) is 24.5. The first-order valence-corrected chi connectivity index (χ1v) is 13.2. The summed E-state index contributed by atoms with van der Waals surface area (Å²) in [5.41, 5.74) is 2.04. The van der Waals surface area contributed by atoms with Crippen LogP contribution in [-0.2, 0) is 9.53 Å². The number of hydrogen-bond acceptors (Lipinski definition) is 4. The maximum atomic E-state index is 13.1. The summed E-state index contributed by atoms with van der Waals surface area (Å²) in [6.45, 7) is 2.75. The molecule has 184 valence electrons. The fourth-order valence-electron chi connectivity index (χ4n) is 5.81. The molecule has 0 bridgehead atoms. The Morgan fingerprint density at radius 1 is 0.750 bits per heavy atom. The molecule has 4 nitrogen and oxygen atoms in total. The smallest absolute Gasteiger partial charge is 0.309 e. The first-order valence-electron chi connectivity index (χ1n) is 13.2. The van der Waals surface area contributed by atoms with Crippen molar-refractivity contribution in [1.29, 1.82) is 0 Å². The van der Waals surface area contributed by atoms with E-state index in [1.54, 1.807) is 0 Å². The number of hydrogen-bond donors (Lipinski definition) is 0. The molecule has 0 saturated heterocycles. The first kappa shape index (κ1) is 22.9.